The number of benzene rings is 2. The van der Waals surface area contributed by atoms with Gasteiger partial charge >= 0.3 is 0 Å². The third-order valence-corrected chi connectivity index (χ3v) is 7.80. The summed E-state index contributed by atoms with van der Waals surface area (Å²) in [6, 6.07) is 8.27. The van der Waals surface area contributed by atoms with Crippen LogP contribution in [0.15, 0.2) is 30.3 Å². The van der Waals surface area contributed by atoms with Crippen LogP contribution >= 0.6 is 34.8 Å². The van der Waals surface area contributed by atoms with Crippen molar-refractivity contribution in [3.05, 3.63) is 62.1 Å². The Labute approximate surface area is 223 Å². The summed E-state index contributed by atoms with van der Waals surface area (Å²) in [6.45, 7) is 5.55. The Morgan fingerprint density at radius 2 is 1.66 bits per heavy atom. The average Bonchev–Trinajstić information content (AvgIpc) is 2.83. The second-order valence-electron chi connectivity index (χ2n) is 9.15. The molecule has 1 atom stereocenters. The number of hydrogen-bond donors (Lipinski definition) is 1. The molecular formula is C27H33Cl3N2O3. The van der Waals surface area contributed by atoms with Crippen LogP contribution in [0.4, 0.5) is 0 Å². The van der Waals surface area contributed by atoms with Crippen LogP contribution in [0.3, 0.4) is 0 Å². The molecule has 1 saturated carbocycles. The summed E-state index contributed by atoms with van der Waals surface area (Å²) in [5, 5.41) is 4.73. The molecule has 0 bridgehead atoms. The molecule has 35 heavy (non-hydrogen) atoms. The lowest BCUT2D eigenvalue weighted by molar-refractivity contribution is -0.143. The van der Waals surface area contributed by atoms with Gasteiger partial charge in [-0.1, -0.05) is 67.1 Å². The van der Waals surface area contributed by atoms with Gasteiger partial charge in [-0.2, -0.15) is 0 Å². The second-order valence-corrected chi connectivity index (χ2v) is 10.3. The smallest absolute Gasteiger partial charge is 0.261 e. The predicted molar refractivity (Wildman–Crippen MR) is 143 cm³/mol. The topological polar surface area (TPSA) is 58.6 Å². The first-order valence-corrected chi connectivity index (χ1v) is 13.3. The van der Waals surface area contributed by atoms with Crippen molar-refractivity contribution in [1.29, 1.82) is 0 Å². The summed E-state index contributed by atoms with van der Waals surface area (Å²) >= 11 is 19.1. The molecule has 0 aliphatic heterocycles. The van der Waals surface area contributed by atoms with Crippen molar-refractivity contribution in [3.63, 3.8) is 0 Å². The molecule has 0 unspecified atom stereocenters. The van der Waals surface area contributed by atoms with Crippen LogP contribution in [0.25, 0.3) is 0 Å². The highest BCUT2D eigenvalue weighted by molar-refractivity contribution is 6.36. The molecule has 2 amide bonds. The Bertz CT molecular complexity index is 1010. The van der Waals surface area contributed by atoms with E-state index in [9.17, 15) is 9.59 Å². The minimum atomic E-state index is -0.672. The van der Waals surface area contributed by atoms with Crippen molar-refractivity contribution < 1.29 is 14.3 Å². The Morgan fingerprint density at radius 3 is 2.23 bits per heavy atom. The van der Waals surface area contributed by atoms with E-state index in [-0.39, 0.29) is 31.0 Å². The molecule has 5 nitrogen and oxygen atoms in total. The predicted octanol–water partition coefficient (Wildman–Crippen LogP) is 6.90. The number of aryl methyl sites for hydroxylation is 2. The monoisotopic (exact) mass is 538 g/mol. The lowest BCUT2D eigenvalue weighted by Gasteiger charge is -2.33. The zero-order valence-corrected chi connectivity index (χ0v) is 22.8. The van der Waals surface area contributed by atoms with Gasteiger partial charge in [-0.05, 0) is 68.5 Å². The van der Waals surface area contributed by atoms with Crippen LogP contribution in [0.5, 0.6) is 5.75 Å². The van der Waals surface area contributed by atoms with Crippen LogP contribution in [-0.2, 0) is 16.1 Å². The van der Waals surface area contributed by atoms with Crippen molar-refractivity contribution in [2.75, 3.05) is 6.61 Å². The van der Waals surface area contributed by atoms with E-state index in [1.54, 1.807) is 30.3 Å². The van der Waals surface area contributed by atoms with Crippen LogP contribution in [-0.4, -0.2) is 35.4 Å². The summed E-state index contributed by atoms with van der Waals surface area (Å²) < 4.78 is 5.84. The fourth-order valence-electron chi connectivity index (χ4n) is 4.54. The fourth-order valence-corrected chi connectivity index (χ4v) is 5.16. The Hall–Kier alpha value is -1.95. The molecule has 1 N–H and O–H groups in total. The highest BCUT2D eigenvalue weighted by Crippen LogP contribution is 2.28. The molecule has 0 aromatic heterocycles. The number of carbonyl (C=O) groups is 2. The van der Waals surface area contributed by atoms with E-state index in [2.05, 4.69) is 5.32 Å². The van der Waals surface area contributed by atoms with E-state index in [0.29, 0.717) is 32.8 Å². The zero-order chi connectivity index (χ0) is 25.5. The molecule has 2 aromatic carbocycles. The molecule has 0 saturated heterocycles. The number of amides is 2. The molecule has 190 valence electrons. The second kappa shape index (κ2) is 12.8. The summed E-state index contributed by atoms with van der Waals surface area (Å²) in [6.07, 6.45) is 5.78. The molecule has 2 aromatic rings. The lowest BCUT2D eigenvalue weighted by atomic mass is 9.95. The quantitative estimate of drug-likeness (QED) is 0.377. The molecule has 0 spiro atoms. The van der Waals surface area contributed by atoms with Gasteiger partial charge in [0.25, 0.3) is 5.91 Å². The molecule has 0 heterocycles. The molecule has 1 fully saturated rings. The van der Waals surface area contributed by atoms with E-state index < -0.39 is 6.04 Å². The van der Waals surface area contributed by atoms with Crippen molar-refractivity contribution >= 4 is 46.6 Å². The molecule has 0 radical (unpaired) electrons. The van der Waals surface area contributed by atoms with Crippen molar-refractivity contribution in [3.8, 4) is 5.75 Å². The Morgan fingerprint density at radius 1 is 1.06 bits per heavy atom. The standard InChI is InChI=1S/C27H33Cl3N2O3/c1-4-24(27(34)31-19-9-6-5-7-10-19)32(15-21-22(28)11-8-12-23(21)29)25(33)16-35-20-13-17(2)26(30)18(3)14-20/h8,11-14,19,24H,4-7,9-10,15-16H2,1-3H3,(H,31,34)/t24-/m0/s1. The number of nitrogens with one attached hydrogen (secondary N) is 1. The van der Waals surface area contributed by atoms with Gasteiger partial charge in [0.1, 0.15) is 11.8 Å². The third kappa shape index (κ3) is 7.28. The first-order chi connectivity index (χ1) is 16.7. The SMILES string of the molecule is CC[C@@H](C(=O)NC1CCCCC1)N(Cc1c(Cl)cccc1Cl)C(=O)COc1cc(C)c(Cl)c(C)c1. The summed E-state index contributed by atoms with van der Waals surface area (Å²) in [5.41, 5.74) is 2.34. The number of halogens is 3. The van der Waals surface area contributed by atoms with E-state index in [4.69, 9.17) is 39.5 Å². The Kier molecular flexibility index (Phi) is 10.1. The van der Waals surface area contributed by atoms with E-state index in [1.165, 1.54) is 11.3 Å². The van der Waals surface area contributed by atoms with Gasteiger partial charge in [-0.3, -0.25) is 9.59 Å². The molecular weight excluding hydrogens is 507 g/mol. The minimum absolute atomic E-state index is 0.107. The van der Waals surface area contributed by atoms with Gasteiger partial charge in [0, 0.05) is 33.2 Å². The first-order valence-electron chi connectivity index (χ1n) is 12.1. The zero-order valence-electron chi connectivity index (χ0n) is 20.5. The van der Waals surface area contributed by atoms with Gasteiger partial charge < -0.3 is 15.0 Å². The number of nitrogens with zero attached hydrogens (tertiary/aromatic N) is 1. The van der Waals surface area contributed by atoms with Gasteiger partial charge in [0.15, 0.2) is 6.61 Å². The third-order valence-electron chi connectivity index (χ3n) is 6.50. The van der Waals surface area contributed by atoms with Crippen LogP contribution in [0, 0.1) is 13.8 Å². The summed E-state index contributed by atoms with van der Waals surface area (Å²) in [7, 11) is 0. The van der Waals surface area contributed by atoms with Crippen LogP contribution < -0.4 is 10.1 Å². The fraction of sp³-hybridized carbons (Fsp3) is 0.481. The van der Waals surface area contributed by atoms with Gasteiger partial charge in [-0.15, -0.1) is 0 Å². The van der Waals surface area contributed by atoms with Crippen molar-refractivity contribution in [1.82, 2.24) is 10.2 Å². The minimum Gasteiger partial charge on any atom is -0.484 e. The number of hydrogen-bond acceptors (Lipinski definition) is 3. The molecule has 3 rings (SSSR count). The van der Waals surface area contributed by atoms with Crippen molar-refractivity contribution in [2.45, 2.75) is 77.9 Å². The van der Waals surface area contributed by atoms with Gasteiger partial charge in [0.2, 0.25) is 5.91 Å². The number of ether oxygens (including phenoxy) is 1. The maximum atomic E-state index is 13.5. The van der Waals surface area contributed by atoms with Crippen LogP contribution in [0.1, 0.15) is 62.1 Å². The van der Waals surface area contributed by atoms with Gasteiger partial charge in [-0.25, -0.2) is 0 Å². The summed E-state index contributed by atoms with van der Waals surface area (Å²) in [5.74, 6) is 0.0687. The van der Waals surface area contributed by atoms with E-state index in [0.717, 1.165) is 36.8 Å². The maximum Gasteiger partial charge on any atom is 0.261 e. The Balaban J connectivity index is 1.83. The molecule has 8 heteroatoms. The molecule has 1 aliphatic carbocycles. The highest BCUT2D eigenvalue weighted by atomic mass is 35.5. The maximum absolute atomic E-state index is 13.5. The summed E-state index contributed by atoms with van der Waals surface area (Å²) in [4.78, 5) is 28.3. The number of carbonyl (C=O) groups excluding carboxylic acids is 2. The van der Waals surface area contributed by atoms with Crippen molar-refractivity contribution in [2.24, 2.45) is 0 Å². The van der Waals surface area contributed by atoms with E-state index >= 15 is 0 Å². The lowest BCUT2D eigenvalue weighted by Crippen LogP contribution is -2.52. The number of rotatable bonds is 9. The van der Waals surface area contributed by atoms with Gasteiger partial charge in [0.05, 0.1) is 0 Å². The first kappa shape index (κ1) is 27.6. The van der Waals surface area contributed by atoms with E-state index in [1.807, 2.05) is 20.8 Å². The highest BCUT2D eigenvalue weighted by Gasteiger charge is 2.31. The van der Waals surface area contributed by atoms with Crippen LogP contribution in [0.2, 0.25) is 15.1 Å². The normalized spacial score (nSPS) is 14.9. The largest absolute Gasteiger partial charge is 0.484 e. The molecule has 1 aliphatic rings. The average molecular weight is 540 g/mol.